The van der Waals surface area contributed by atoms with Crippen molar-refractivity contribution in [3.05, 3.63) is 22.6 Å². The van der Waals surface area contributed by atoms with Crippen molar-refractivity contribution in [3.8, 4) is 0 Å². The average Bonchev–Trinajstić information content (AvgIpc) is 2.59. The van der Waals surface area contributed by atoms with Crippen LogP contribution in [0.15, 0.2) is 21.2 Å². The van der Waals surface area contributed by atoms with Crippen LogP contribution in [0.1, 0.15) is 23.4 Å². The Bertz CT molecular complexity index is 361. The molecular formula is C9H10BrNO4. The summed E-state index contributed by atoms with van der Waals surface area (Å²) < 4.78 is 10.3. The zero-order valence-electron chi connectivity index (χ0n) is 7.86. The molecule has 1 aromatic heterocycles. The molecule has 0 aliphatic heterocycles. The number of halogens is 1. The Hall–Kier alpha value is -1.30. The molecule has 1 heterocycles. The molecule has 0 fully saturated rings. The van der Waals surface area contributed by atoms with Crippen molar-refractivity contribution < 1.29 is 18.7 Å². The second-order valence-electron chi connectivity index (χ2n) is 2.81. The van der Waals surface area contributed by atoms with Crippen LogP contribution in [-0.4, -0.2) is 18.5 Å². The molecular weight excluding hydrogens is 266 g/mol. The Kier molecular flexibility index (Phi) is 4.36. The monoisotopic (exact) mass is 275 g/mol. The van der Waals surface area contributed by atoms with Gasteiger partial charge in [-0.3, -0.25) is 4.79 Å². The van der Waals surface area contributed by atoms with Crippen molar-refractivity contribution >= 4 is 27.8 Å². The molecule has 0 spiro atoms. The third kappa shape index (κ3) is 4.16. The van der Waals surface area contributed by atoms with Gasteiger partial charge in [0.15, 0.2) is 4.67 Å². The van der Waals surface area contributed by atoms with Crippen LogP contribution >= 0.6 is 15.9 Å². The zero-order valence-corrected chi connectivity index (χ0v) is 9.45. The summed E-state index contributed by atoms with van der Waals surface area (Å²) >= 11 is 3.07. The molecule has 0 aliphatic rings. The van der Waals surface area contributed by atoms with Gasteiger partial charge in [0.1, 0.15) is 0 Å². The molecule has 0 aromatic carbocycles. The maximum absolute atomic E-state index is 11.2. The molecule has 1 rings (SSSR count). The number of furan rings is 1. The van der Waals surface area contributed by atoms with E-state index in [1.807, 2.05) is 0 Å². The topological polar surface area (TPSA) is 82.5 Å². The fourth-order valence-corrected chi connectivity index (χ4v) is 1.21. The van der Waals surface area contributed by atoms with Gasteiger partial charge < -0.3 is 14.9 Å². The molecule has 0 aliphatic carbocycles. The summed E-state index contributed by atoms with van der Waals surface area (Å²) in [6, 6.07) is 3.10. The first-order valence-corrected chi connectivity index (χ1v) is 5.09. The highest BCUT2D eigenvalue weighted by molar-refractivity contribution is 9.10. The summed E-state index contributed by atoms with van der Waals surface area (Å²) in [6.45, 7) is 0.153. The van der Waals surface area contributed by atoms with E-state index in [2.05, 4.69) is 15.9 Å². The number of hydrogen-bond donors (Lipinski definition) is 1. The normalized spacial score (nSPS) is 9.93. The molecule has 6 heteroatoms. The quantitative estimate of drug-likeness (QED) is 0.652. The molecule has 0 radical (unpaired) electrons. The van der Waals surface area contributed by atoms with Gasteiger partial charge in [-0.1, -0.05) is 0 Å². The minimum absolute atomic E-state index is 0.126. The van der Waals surface area contributed by atoms with E-state index in [0.29, 0.717) is 11.1 Å². The number of carbonyl (C=O) groups excluding carboxylic acids is 2. The lowest BCUT2D eigenvalue weighted by molar-refractivity contribution is -0.118. The van der Waals surface area contributed by atoms with Gasteiger partial charge in [0.25, 0.3) is 0 Å². The number of carbonyl (C=O) groups is 2. The van der Waals surface area contributed by atoms with E-state index >= 15 is 0 Å². The van der Waals surface area contributed by atoms with Crippen molar-refractivity contribution in [2.75, 3.05) is 6.61 Å². The smallest absolute Gasteiger partial charge is 0.374 e. The van der Waals surface area contributed by atoms with Gasteiger partial charge in [0.2, 0.25) is 11.7 Å². The van der Waals surface area contributed by atoms with Gasteiger partial charge in [0.05, 0.1) is 6.61 Å². The van der Waals surface area contributed by atoms with E-state index in [1.165, 1.54) is 6.07 Å². The van der Waals surface area contributed by atoms with Crippen LogP contribution in [0.25, 0.3) is 0 Å². The first-order chi connectivity index (χ1) is 7.09. The number of hydrogen-bond acceptors (Lipinski definition) is 4. The first kappa shape index (κ1) is 11.8. The third-order valence-electron chi connectivity index (χ3n) is 1.58. The minimum atomic E-state index is -0.551. The minimum Gasteiger partial charge on any atom is -0.460 e. The van der Waals surface area contributed by atoms with E-state index in [0.717, 1.165) is 0 Å². The Labute approximate surface area is 94.7 Å². The molecule has 5 nitrogen and oxygen atoms in total. The Morgan fingerprint density at radius 3 is 2.73 bits per heavy atom. The summed E-state index contributed by atoms with van der Waals surface area (Å²) in [6.07, 6.45) is 0.623. The summed E-state index contributed by atoms with van der Waals surface area (Å²) in [5.74, 6) is -0.835. The zero-order chi connectivity index (χ0) is 11.3. The van der Waals surface area contributed by atoms with Crippen LogP contribution < -0.4 is 5.73 Å². The predicted octanol–water partition coefficient (Wildman–Crippen LogP) is 1.46. The lowest BCUT2D eigenvalue weighted by atomic mass is 10.3. The molecule has 0 saturated heterocycles. The molecule has 2 N–H and O–H groups in total. The molecule has 1 amide bonds. The molecule has 0 saturated carbocycles. The molecule has 0 atom stereocenters. The highest BCUT2D eigenvalue weighted by Crippen LogP contribution is 2.14. The number of ether oxygens (including phenoxy) is 1. The van der Waals surface area contributed by atoms with E-state index in [-0.39, 0.29) is 18.8 Å². The van der Waals surface area contributed by atoms with E-state index in [1.54, 1.807) is 6.07 Å². The van der Waals surface area contributed by atoms with Crippen LogP contribution in [0.2, 0.25) is 0 Å². The lowest BCUT2D eigenvalue weighted by Crippen LogP contribution is -2.12. The van der Waals surface area contributed by atoms with Crippen molar-refractivity contribution in [1.29, 1.82) is 0 Å². The van der Waals surface area contributed by atoms with Gasteiger partial charge in [-0.2, -0.15) is 0 Å². The van der Waals surface area contributed by atoms with Crippen LogP contribution in [0.3, 0.4) is 0 Å². The highest BCUT2D eigenvalue weighted by Gasteiger charge is 2.11. The van der Waals surface area contributed by atoms with E-state index in [9.17, 15) is 9.59 Å². The van der Waals surface area contributed by atoms with Crippen molar-refractivity contribution in [2.45, 2.75) is 12.8 Å². The number of nitrogens with two attached hydrogens (primary N) is 1. The molecule has 0 bridgehead atoms. The summed E-state index contributed by atoms with van der Waals surface area (Å²) in [5, 5.41) is 0. The van der Waals surface area contributed by atoms with Gasteiger partial charge >= 0.3 is 5.97 Å². The largest absolute Gasteiger partial charge is 0.460 e. The van der Waals surface area contributed by atoms with Crippen LogP contribution in [-0.2, 0) is 9.53 Å². The average molecular weight is 276 g/mol. The predicted molar refractivity (Wildman–Crippen MR) is 55.1 cm³/mol. The van der Waals surface area contributed by atoms with Crippen molar-refractivity contribution in [2.24, 2.45) is 5.73 Å². The van der Waals surface area contributed by atoms with Gasteiger partial charge in [0, 0.05) is 6.42 Å². The fraction of sp³-hybridized carbons (Fsp3) is 0.333. The first-order valence-electron chi connectivity index (χ1n) is 4.30. The maximum Gasteiger partial charge on any atom is 0.374 e. The number of rotatable bonds is 5. The van der Waals surface area contributed by atoms with Crippen LogP contribution in [0, 0.1) is 0 Å². The van der Waals surface area contributed by atoms with Crippen molar-refractivity contribution in [1.82, 2.24) is 0 Å². The second kappa shape index (κ2) is 5.55. The third-order valence-corrected chi connectivity index (χ3v) is 2.00. The molecule has 15 heavy (non-hydrogen) atoms. The van der Waals surface area contributed by atoms with Gasteiger partial charge in [-0.15, -0.1) is 0 Å². The molecule has 82 valence electrons. The maximum atomic E-state index is 11.2. The van der Waals surface area contributed by atoms with E-state index in [4.69, 9.17) is 14.9 Å². The SMILES string of the molecule is NC(=O)CCCOC(=O)c1ccc(Br)o1. The Balaban J connectivity index is 2.28. The second-order valence-corrected chi connectivity index (χ2v) is 3.59. The highest BCUT2D eigenvalue weighted by atomic mass is 79.9. The number of primary amides is 1. The lowest BCUT2D eigenvalue weighted by Gasteiger charge is -2.00. The van der Waals surface area contributed by atoms with Gasteiger partial charge in [-0.25, -0.2) is 4.79 Å². The molecule has 0 unspecified atom stereocenters. The molecule has 1 aromatic rings. The number of esters is 1. The van der Waals surface area contributed by atoms with Crippen LogP contribution in [0.4, 0.5) is 0 Å². The summed E-state index contributed by atoms with van der Waals surface area (Å²) in [7, 11) is 0. The van der Waals surface area contributed by atoms with Crippen molar-refractivity contribution in [3.63, 3.8) is 0 Å². The summed E-state index contributed by atoms with van der Waals surface area (Å²) in [4.78, 5) is 21.6. The fourth-order valence-electron chi connectivity index (χ4n) is 0.906. The van der Waals surface area contributed by atoms with Crippen LogP contribution in [0.5, 0.6) is 0 Å². The standard InChI is InChI=1S/C9H10BrNO4/c10-7-4-3-6(15-7)9(13)14-5-1-2-8(11)12/h3-4H,1-2,5H2,(H2,11,12). The van der Waals surface area contributed by atoms with E-state index < -0.39 is 11.9 Å². The summed E-state index contributed by atoms with van der Waals surface area (Å²) in [5.41, 5.74) is 4.92. The van der Waals surface area contributed by atoms with Gasteiger partial charge in [-0.05, 0) is 34.5 Å². The Morgan fingerprint density at radius 2 is 2.20 bits per heavy atom. The number of amides is 1. The Morgan fingerprint density at radius 1 is 1.47 bits per heavy atom.